The molecule has 0 fully saturated rings. The topological polar surface area (TPSA) is 110 Å². The molecule has 3 rings (SSSR count). The van der Waals surface area contributed by atoms with Gasteiger partial charge in [0.25, 0.3) is 0 Å². The first-order chi connectivity index (χ1) is 14.3. The summed E-state index contributed by atoms with van der Waals surface area (Å²) in [7, 11) is 17.1. The van der Waals surface area contributed by atoms with Crippen LogP contribution in [0.15, 0.2) is 36.7 Å². The normalized spacial score (nSPS) is 14.4. The monoisotopic (exact) mass is 423 g/mol. The molecule has 0 amide bonds. The summed E-state index contributed by atoms with van der Waals surface area (Å²) >= 11 is 0. The largest absolute Gasteiger partial charge is 0.423 e. The van der Waals surface area contributed by atoms with Crippen molar-refractivity contribution in [2.24, 2.45) is 0 Å². The molecule has 0 saturated heterocycles. The number of hydrogen-bond donors (Lipinski definition) is 3. The molecular weight excluding hydrogens is 408 g/mol. The summed E-state index contributed by atoms with van der Waals surface area (Å²) in [5.74, 6) is -0.0225. The fourth-order valence-corrected chi connectivity index (χ4v) is 3.01. The number of halogens is 3. The van der Waals surface area contributed by atoms with Gasteiger partial charge in [0, 0.05) is 11.8 Å². The van der Waals surface area contributed by atoms with E-state index in [1.165, 1.54) is 24.5 Å². The molecule has 4 N–H and O–H groups in total. The maximum atomic E-state index is 13.4. The first-order valence-electron chi connectivity index (χ1n) is 8.85. The van der Waals surface area contributed by atoms with Crippen LogP contribution in [0, 0.1) is 6.92 Å². The number of aromatic nitrogens is 4. The molecule has 13 heteroatoms. The summed E-state index contributed by atoms with van der Waals surface area (Å²) in [6.45, 7) is 0.0831. The molecule has 0 saturated carbocycles. The lowest BCUT2D eigenvalue weighted by Gasteiger charge is -2.29. The van der Waals surface area contributed by atoms with E-state index in [-0.39, 0.29) is 28.5 Å². The maximum Gasteiger partial charge on any atom is 0.423 e. The van der Waals surface area contributed by atoms with Crippen molar-refractivity contribution in [1.82, 2.24) is 19.7 Å². The zero-order valence-electron chi connectivity index (χ0n) is 16.3. The number of nitrogens with two attached hydrogens (primary N) is 1. The van der Waals surface area contributed by atoms with Crippen molar-refractivity contribution in [2.75, 3.05) is 12.3 Å². The van der Waals surface area contributed by atoms with Gasteiger partial charge in [-0.2, -0.15) is 18.3 Å². The van der Waals surface area contributed by atoms with Crippen LogP contribution in [0.2, 0.25) is 0 Å². The number of aliphatic hydroxyl groups excluding tert-OH is 1. The SMILES string of the molecule is [B]C([B])([B])n1nccc1-c1nc(-c2cc(C(O)(CO)C(F)(F)F)ccc2C)cnc1N. The molecule has 31 heavy (non-hydrogen) atoms. The van der Waals surface area contributed by atoms with Gasteiger partial charge in [-0.05, 0) is 35.4 Å². The summed E-state index contributed by atoms with van der Waals surface area (Å²) in [4.78, 5) is 8.44. The van der Waals surface area contributed by atoms with Crippen molar-refractivity contribution in [3.05, 3.63) is 47.8 Å². The summed E-state index contributed by atoms with van der Waals surface area (Å²) in [5.41, 5.74) is 3.17. The van der Waals surface area contributed by atoms with E-state index in [2.05, 4.69) is 15.1 Å². The molecule has 7 nitrogen and oxygen atoms in total. The minimum absolute atomic E-state index is 0.0225. The van der Waals surface area contributed by atoms with Gasteiger partial charge in [-0.1, -0.05) is 12.1 Å². The van der Waals surface area contributed by atoms with E-state index in [1.807, 2.05) is 0 Å². The Bertz CT molecular complexity index is 1120. The van der Waals surface area contributed by atoms with Gasteiger partial charge in [0.05, 0.1) is 47.7 Å². The van der Waals surface area contributed by atoms with Crippen LogP contribution in [0.1, 0.15) is 11.1 Å². The van der Waals surface area contributed by atoms with Gasteiger partial charge in [-0.15, -0.1) is 0 Å². The predicted molar refractivity (Wildman–Crippen MR) is 110 cm³/mol. The predicted octanol–water partition coefficient (Wildman–Crippen LogP) is 0.713. The Kier molecular flexibility index (Phi) is 5.70. The smallest absolute Gasteiger partial charge is 0.393 e. The van der Waals surface area contributed by atoms with Crippen molar-refractivity contribution >= 4 is 29.4 Å². The summed E-state index contributed by atoms with van der Waals surface area (Å²) < 4.78 is 41.2. The number of rotatable bonds is 5. The summed E-state index contributed by atoms with van der Waals surface area (Å²) in [6.07, 6.45) is -2.48. The molecule has 0 aliphatic carbocycles. The zero-order valence-corrected chi connectivity index (χ0v) is 16.3. The number of alkyl halides is 3. The standard InChI is InChI=1S/C18H15B3F3N5O2/c1-9-2-3-10(16(31,8-30)17(22,23)24)6-11(9)12-7-26-15(25)14(28-12)13-4-5-27-29(13)18(19,20)21/h2-7,30-31H,8H2,1H3,(H2,25,26). The van der Waals surface area contributed by atoms with Gasteiger partial charge in [0.2, 0.25) is 5.60 Å². The molecule has 1 atom stereocenters. The molecule has 0 aliphatic rings. The van der Waals surface area contributed by atoms with E-state index in [9.17, 15) is 23.4 Å². The minimum atomic E-state index is -5.11. The minimum Gasteiger partial charge on any atom is -0.393 e. The lowest BCUT2D eigenvalue weighted by molar-refractivity contribution is -0.277. The van der Waals surface area contributed by atoms with Gasteiger partial charge < -0.3 is 15.9 Å². The van der Waals surface area contributed by atoms with E-state index in [0.717, 1.165) is 16.8 Å². The Morgan fingerprint density at radius 2 is 1.84 bits per heavy atom. The fraction of sp³-hybridized carbons (Fsp3) is 0.278. The molecule has 0 bridgehead atoms. The quantitative estimate of drug-likeness (QED) is 0.522. The average molecular weight is 423 g/mol. The Balaban J connectivity index is 2.18. The van der Waals surface area contributed by atoms with Crippen molar-refractivity contribution in [3.8, 4) is 22.6 Å². The zero-order chi connectivity index (χ0) is 23.2. The Labute approximate surface area is 179 Å². The van der Waals surface area contributed by atoms with Gasteiger partial charge in [-0.3, -0.25) is 4.68 Å². The second-order valence-electron chi connectivity index (χ2n) is 7.05. The number of nitrogens with zero attached hydrogens (tertiary/aromatic N) is 4. The van der Waals surface area contributed by atoms with Gasteiger partial charge >= 0.3 is 6.18 Å². The molecule has 2 heterocycles. The molecular formula is C18H15B3F3N5O2. The third-order valence-electron chi connectivity index (χ3n) is 4.74. The highest BCUT2D eigenvalue weighted by molar-refractivity contribution is 6.56. The number of nitrogen functional groups attached to an aromatic ring is 1. The summed E-state index contributed by atoms with van der Waals surface area (Å²) in [5, 5.41) is 21.4. The van der Waals surface area contributed by atoms with Crippen LogP contribution in [-0.2, 0) is 10.8 Å². The molecule has 1 aromatic carbocycles. The van der Waals surface area contributed by atoms with Gasteiger partial charge in [0.15, 0.2) is 5.82 Å². The highest BCUT2D eigenvalue weighted by Crippen LogP contribution is 2.40. The first kappa shape index (κ1) is 22.9. The molecule has 6 radical (unpaired) electrons. The van der Waals surface area contributed by atoms with E-state index in [0.29, 0.717) is 5.56 Å². The number of hydrogen-bond acceptors (Lipinski definition) is 6. The Morgan fingerprint density at radius 3 is 2.42 bits per heavy atom. The molecule has 3 aromatic rings. The van der Waals surface area contributed by atoms with Crippen LogP contribution < -0.4 is 5.73 Å². The maximum absolute atomic E-state index is 13.4. The van der Waals surface area contributed by atoms with E-state index < -0.39 is 29.2 Å². The van der Waals surface area contributed by atoms with Gasteiger partial charge in [-0.25, -0.2) is 9.97 Å². The molecule has 0 aliphatic heterocycles. The van der Waals surface area contributed by atoms with Crippen LogP contribution in [0.3, 0.4) is 0 Å². The fourth-order valence-electron chi connectivity index (χ4n) is 3.01. The number of benzene rings is 1. The van der Waals surface area contributed by atoms with Crippen LogP contribution in [0.4, 0.5) is 19.0 Å². The summed E-state index contributed by atoms with van der Waals surface area (Å²) in [6, 6.07) is 5.01. The lowest BCUT2D eigenvalue weighted by Crippen LogP contribution is -2.45. The van der Waals surface area contributed by atoms with Crippen molar-refractivity contribution in [1.29, 1.82) is 0 Å². The van der Waals surface area contributed by atoms with Crippen molar-refractivity contribution < 1.29 is 23.4 Å². The average Bonchev–Trinajstić information content (AvgIpc) is 3.17. The van der Waals surface area contributed by atoms with Crippen molar-refractivity contribution in [3.63, 3.8) is 0 Å². The van der Waals surface area contributed by atoms with E-state index >= 15 is 0 Å². The molecule has 154 valence electrons. The van der Waals surface area contributed by atoms with Gasteiger partial charge in [0.1, 0.15) is 5.69 Å². The third kappa shape index (κ3) is 4.07. The molecule has 0 spiro atoms. The Hall–Kier alpha value is -2.79. The molecule has 2 aromatic heterocycles. The van der Waals surface area contributed by atoms with Crippen LogP contribution >= 0.6 is 0 Å². The van der Waals surface area contributed by atoms with Crippen LogP contribution in [0.25, 0.3) is 22.6 Å². The van der Waals surface area contributed by atoms with Crippen LogP contribution in [-0.4, -0.2) is 66.3 Å². The van der Waals surface area contributed by atoms with Crippen LogP contribution in [0.5, 0.6) is 0 Å². The lowest BCUT2D eigenvalue weighted by atomic mass is 9.49. The number of aryl methyl sites for hydroxylation is 1. The number of anilines is 1. The van der Waals surface area contributed by atoms with E-state index in [4.69, 9.17) is 29.3 Å². The second-order valence-corrected chi connectivity index (χ2v) is 7.05. The van der Waals surface area contributed by atoms with Crippen molar-refractivity contribution in [2.45, 2.75) is 23.9 Å². The number of aliphatic hydroxyl groups is 2. The van der Waals surface area contributed by atoms with E-state index in [1.54, 1.807) is 6.92 Å². The highest BCUT2D eigenvalue weighted by Gasteiger charge is 2.54. The third-order valence-corrected chi connectivity index (χ3v) is 4.74. The first-order valence-corrected chi connectivity index (χ1v) is 8.85. The Morgan fingerprint density at radius 1 is 1.16 bits per heavy atom. The highest BCUT2D eigenvalue weighted by atomic mass is 19.4. The second kappa shape index (κ2) is 7.72. The molecule has 1 unspecified atom stereocenters.